The summed E-state index contributed by atoms with van der Waals surface area (Å²) in [5.41, 5.74) is 2.58. The van der Waals surface area contributed by atoms with Gasteiger partial charge in [0.2, 0.25) is 5.82 Å². The Balaban J connectivity index is 1.60. The third kappa shape index (κ3) is 3.65. The molecule has 0 atom stereocenters. The van der Waals surface area contributed by atoms with E-state index in [-0.39, 0.29) is 12.5 Å². The second kappa shape index (κ2) is 6.75. The van der Waals surface area contributed by atoms with Gasteiger partial charge in [-0.15, -0.1) is 0 Å². The number of rotatable bonds is 5. The average molecular weight is 328 g/mol. The minimum Gasteiger partial charge on any atom is -0.452 e. The van der Waals surface area contributed by atoms with Crippen LogP contribution in [0.3, 0.4) is 0 Å². The molecule has 2 heterocycles. The van der Waals surface area contributed by atoms with E-state index in [0.717, 1.165) is 5.56 Å². The molecule has 0 aliphatic rings. The third-order valence-electron chi connectivity index (χ3n) is 3.39. The molecule has 0 saturated carbocycles. The molecular formula is C17H16N2O3S. The highest BCUT2D eigenvalue weighted by Gasteiger charge is 2.13. The van der Waals surface area contributed by atoms with E-state index in [9.17, 15) is 4.79 Å². The fourth-order valence-corrected chi connectivity index (χ4v) is 2.67. The van der Waals surface area contributed by atoms with Crippen LogP contribution in [0.2, 0.25) is 0 Å². The minimum atomic E-state index is -0.407. The summed E-state index contributed by atoms with van der Waals surface area (Å²) < 4.78 is 10.3. The van der Waals surface area contributed by atoms with Crippen LogP contribution in [0.4, 0.5) is 0 Å². The average Bonchev–Trinajstić information content (AvgIpc) is 3.23. The SMILES string of the molecule is CC(C)c1ccc(C(=O)OCc2nc(-c3ccsc3)no2)cc1. The van der Waals surface area contributed by atoms with Crippen molar-refractivity contribution in [3.05, 3.63) is 58.1 Å². The first-order valence-electron chi connectivity index (χ1n) is 7.25. The minimum absolute atomic E-state index is 0.0398. The number of hydrogen-bond acceptors (Lipinski definition) is 6. The molecule has 0 unspecified atom stereocenters. The summed E-state index contributed by atoms with van der Waals surface area (Å²) in [5.74, 6) is 0.793. The van der Waals surface area contributed by atoms with Gasteiger partial charge in [0.05, 0.1) is 5.56 Å². The molecule has 3 aromatic rings. The van der Waals surface area contributed by atoms with Crippen molar-refractivity contribution in [2.45, 2.75) is 26.4 Å². The number of hydrogen-bond donors (Lipinski definition) is 0. The molecule has 5 nitrogen and oxygen atoms in total. The Hall–Kier alpha value is -2.47. The maximum absolute atomic E-state index is 12.0. The summed E-state index contributed by atoms with van der Waals surface area (Å²) in [5, 5.41) is 7.73. The summed E-state index contributed by atoms with van der Waals surface area (Å²) in [7, 11) is 0. The number of carbonyl (C=O) groups is 1. The van der Waals surface area contributed by atoms with E-state index in [0.29, 0.717) is 17.3 Å². The third-order valence-corrected chi connectivity index (χ3v) is 4.07. The van der Waals surface area contributed by atoms with Gasteiger partial charge in [0, 0.05) is 10.9 Å². The first kappa shape index (κ1) is 15.4. The smallest absolute Gasteiger partial charge is 0.338 e. The number of thiophene rings is 1. The second-order valence-electron chi connectivity index (χ2n) is 5.38. The van der Waals surface area contributed by atoms with Crippen molar-refractivity contribution in [2.24, 2.45) is 0 Å². The van der Waals surface area contributed by atoms with E-state index in [1.54, 1.807) is 23.5 Å². The fourth-order valence-electron chi connectivity index (χ4n) is 2.04. The van der Waals surface area contributed by atoms with Gasteiger partial charge in [0.1, 0.15) is 0 Å². The van der Waals surface area contributed by atoms with Crippen LogP contribution in [0.1, 0.15) is 41.6 Å². The van der Waals surface area contributed by atoms with Crippen molar-refractivity contribution < 1.29 is 14.1 Å². The lowest BCUT2D eigenvalue weighted by Crippen LogP contribution is -2.05. The zero-order chi connectivity index (χ0) is 16.2. The molecule has 0 fully saturated rings. The van der Waals surface area contributed by atoms with Gasteiger partial charge < -0.3 is 9.26 Å². The van der Waals surface area contributed by atoms with Crippen molar-refractivity contribution in [2.75, 3.05) is 0 Å². The molecule has 0 N–H and O–H groups in total. The Morgan fingerprint density at radius 3 is 2.70 bits per heavy atom. The van der Waals surface area contributed by atoms with Gasteiger partial charge in [-0.1, -0.05) is 31.1 Å². The fraction of sp³-hybridized carbons (Fsp3) is 0.235. The first-order valence-corrected chi connectivity index (χ1v) is 8.20. The lowest BCUT2D eigenvalue weighted by Gasteiger charge is -2.06. The molecule has 118 valence electrons. The number of esters is 1. The van der Waals surface area contributed by atoms with Gasteiger partial charge in [0.25, 0.3) is 5.89 Å². The zero-order valence-corrected chi connectivity index (χ0v) is 13.7. The van der Waals surface area contributed by atoms with Crippen LogP contribution in [-0.4, -0.2) is 16.1 Å². The van der Waals surface area contributed by atoms with Crippen LogP contribution in [-0.2, 0) is 11.3 Å². The van der Waals surface area contributed by atoms with Crippen LogP contribution >= 0.6 is 11.3 Å². The highest BCUT2D eigenvalue weighted by atomic mass is 32.1. The molecular weight excluding hydrogens is 312 g/mol. The first-order chi connectivity index (χ1) is 11.1. The molecule has 0 spiro atoms. The summed E-state index contributed by atoms with van der Waals surface area (Å²) >= 11 is 1.56. The number of ether oxygens (including phenoxy) is 1. The molecule has 0 aliphatic carbocycles. The highest BCUT2D eigenvalue weighted by molar-refractivity contribution is 7.08. The van der Waals surface area contributed by atoms with Crippen LogP contribution in [0.15, 0.2) is 45.6 Å². The summed E-state index contributed by atoms with van der Waals surface area (Å²) in [6.45, 7) is 4.17. The van der Waals surface area contributed by atoms with E-state index in [1.165, 1.54) is 5.56 Å². The van der Waals surface area contributed by atoms with Gasteiger partial charge >= 0.3 is 5.97 Å². The van der Waals surface area contributed by atoms with E-state index >= 15 is 0 Å². The molecule has 6 heteroatoms. The van der Waals surface area contributed by atoms with E-state index in [4.69, 9.17) is 9.26 Å². The topological polar surface area (TPSA) is 65.2 Å². The largest absolute Gasteiger partial charge is 0.452 e. The summed E-state index contributed by atoms with van der Waals surface area (Å²) in [6, 6.07) is 9.30. The lowest BCUT2D eigenvalue weighted by molar-refractivity contribution is 0.0430. The van der Waals surface area contributed by atoms with Crippen LogP contribution < -0.4 is 0 Å². The normalized spacial score (nSPS) is 10.9. The molecule has 0 bridgehead atoms. The van der Waals surface area contributed by atoms with E-state index in [1.807, 2.05) is 29.0 Å². The Labute approximate surface area is 137 Å². The van der Waals surface area contributed by atoms with Crippen LogP contribution in [0, 0.1) is 0 Å². The van der Waals surface area contributed by atoms with Crippen molar-refractivity contribution >= 4 is 17.3 Å². The predicted octanol–water partition coefficient (Wildman–Crippen LogP) is 4.28. The van der Waals surface area contributed by atoms with Crippen molar-refractivity contribution in [3.8, 4) is 11.4 Å². The molecule has 2 aromatic heterocycles. The molecule has 0 radical (unpaired) electrons. The quantitative estimate of drug-likeness (QED) is 0.654. The standard InChI is InChI=1S/C17H16N2O3S/c1-11(2)12-3-5-13(6-4-12)17(20)21-9-15-18-16(19-22-15)14-7-8-23-10-14/h3-8,10-11H,9H2,1-2H3. The highest BCUT2D eigenvalue weighted by Crippen LogP contribution is 2.19. The predicted molar refractivity (Wildman–Crippen MR) is 87.3 cm³/mol. The molecule has 1 aromatic carbocycles. The van der Waals surface area contributed by atoms with Crippen molar-refractivity contribution in [3.63, 3.8) is 0 Å². The van der Waals surface area contributed by atoms with Crippen LogP contribution in [0.5, 0.6) is 0 Å². The van der Waals surface area contributed by atoms with Crippen molar-refractivity contribution in [1.29, 1.82) is 0 Å². The Bertz CT molecular complexity index is 777. The van der Waals surface area contributed by atoms with E-state index in [2.05, 4.69) is 24.0 Å². The van der Waals surface area contributed by atoms with Gasteiger partial charge in [-0.3, -0.25) is 0 Å². The van der Waals surface area contributed by atoms with Gasteiger partial charge in [-0.05, 0) is 35.1 Å². The maximum Gasteiger partial charge on any atom is 0.338 e. The number of benzene rings is 1. The summed E-state index contributed by atoms with van der Waals surface area (Å²) in [4.78, 5) is 16.2. The van der Waals surface area contributed by atoms with Gasteiger partial charge in [-0.2, -0.15) is 16.3 Å². The summed E-state index contributed by atoms with van der Waals surface area (Å²) in [6.07, 6.45) is 0. The Morgan fingerprint density at radius 2 is 2.04 bits per heavy atom. The van der Waals surface area contributed by atoms with Gasteiger partial charge in [-0.25, -0.2) is 4.79 Å². The molecule has 0 amide bonds. The Morgan fingerprint density at radius 1 is 1.26 bits per heavy atom. The molecule has 23 heavy (non-hydrogen) atoms. The van der Waals surface area contributed by atoms with E-state index < -0.39 is 5.97 Å². The van der Waals surface area contributed by atoms with Crippen LogP contribution in [0.25, 0.3) is 11.4 Å². The number of carbonyl (C=O) groups excluding carboxylic acids is 1. The van der Waals surface area contributed by atoms with Gasteiger partial charge in [0.15, 0.2) is 6.61 Å². The number of aromatic nitrogens is 2. The lowest BCUT2D eigenvalue weighted by atomic mass is 10.0. The second-order valence-corrected chi connectivity index (χ2v) is 6.16. The maximum atomic E-state index is 12.0. The number of nitrogens with zero attached hydrogens (tertiary/aromatic N) is 2. The molecule has 0 aliphatic heterocycles. The molecule has 3 rings (SSSR count). The van der Waals surface area contributed by atoms with Crippen molar-refractivity contribution in [1.82, 2.24) is 10.1 Å². The molecule has 0 saturated heterocycles. The zero-order valence-electron chi connectivity index (χ0n) is 12.9. The Kier molecular flexibility index (Phi) is 4.52. The monoisotopic (exact) mass is 328 g/mol.